The maximum atomic E-state index is 12.3. The number of aromatic nitrogens is 3. The summed E-state index contributed by atoms with van der Waals surface area (Å²) in [6, 6.07) is 19.8. The lowest BCUT2D eigenvalue weighted by Gasteiger charge is -2.09. The monoisotopic (exact) mass is 342 g/mol. The number of hydrogen-bond donors (Lipinski definition) is 1. The molecule has 5 heteroatoms. The van der Waals surface area contributed by atoms with Crippen molar-refractivity contribution in [3.8, 4) is 11.1 Å². The molecule has 1 amide bonds. The van der Waals surface area contributed by atoms with Crippen molar-refractivity contribution in [2.45, 2.75) is 13.3 Å². The molecule has 5 nitrogen and oxygen atoms in total. The second-order valence-corrected chi connectivity index (χ2v) is 6.22. The standard InChI is InChI=1S/C21H18N4O/c1-15-4-2-3-5-19(15)24-21(26)12-16-6-8-17(9-7-16)18-10-11-25-20(13-18)22-14-23-25/h2-11,13-14H,12H2,1H3,(H,24,26). The fourth-order valence-corrected chi connectivity index (χ4v) is 2.90. The minimum Gasteiger partial charge on any atom is -0.326 e. The molecular formula is C21H18N4O. The molecule has 1 N–H and O–H groups in total. The zero-order valence-corrected chi connectivity index (χ0v) is 14.4. The normalized spacial score (nSPS) is 10.8. The Kier molecular flexibility index (Phi) is 4.19. The number of fused-ring (bicyclic) bond motifs is 1. The first kappa shape index (κ1) is 16.0. The van der Waals surface area contributed by atoms with Crippen molar-refractivity contribution >= 4 is 17.2 Å². The molecule has 0 spiro atoms. The SMILES string of the molecule is Cc1ccccc1NC(=O)Cc1ccc(-c2ccn3ncnc3c2)cc1. The molecule has 128 valence electrons. The van der Waals surface area contributed by atoms with Gasteiger partial charge >= 0.3 is 0 Å². The summed E-state index contributed by atoms with van der Waals surface area (Å²) in [6.45, 7) is 1.98. The van der Waals surface area contributed by atoms with E-state index in [9.17, 15) is 4.79 Å². The molecule has 0 radical (unpaired) electrons. The Hall–Kier alpha value is -3.47. The Morgan fingerprint density at radius 2 is 1.85 bits per heavy atom. The van der Waals surface area contributed by atoms with Crippen LogP contribution in [0.3, 0.4) is 0 Å². The Morgan fingerprint density at radius 3 is 2.65 bits per heavy atom. The number of carbonyl (C=O) groups is 1. The van der Waals surface area contributed by atoms with Crippen molar-refractivity contribution in [2.75, 3.05) is 5.32 Å². The van der Waals surface area contributed by atoms with E-state index in [2.05, 4.69) is 15.4 Å². The Balaban J connectivity index is 1.47. The third-order valence-electron chi connectivity index (χ3n) is 4.35. The van der Waals surface area contributed by atoms with Gasteiger partial charge in [0.25, 0.3) is 0 Å². The van der Waals surface area contributed by atoms with E-state index in [1.54, 1.807) is 4.52 Å². The molecule has 2 heterocycles. The Bertz CT molecular complexity index is 1070. The lowest BCUT2D eigenvalue weighted by molar-refractivity contribution is -0.115. The second-order valence-electron chi connectivity index (χ2n) is 6.22. The summed E-state index contributed by atoms with van der Waals surface area (Å²) in [6.07, 6.45) is 3.77. The van der Waals surface area contributed by atoms with Crippen LogP contribution in [0.4, 0.5) is 5.69 Å². The number of rotatable bonds is 4. The molecule has 0 bridgehead atoms. The molecule has 0 unspecified atom stereocenters. The summed E-state index contributed by atoms with van der Waals surface area (Å²) in [5.41, 5.74) is 5.85. The molecule has 0 aliphatic heterocycles. The molecule has 26 heavy (non-hydrogen) atoms. The summed E-state index contributed by atoms with van der Waals surface area (Å²) < 4.78 is 1.73. The molecule has 4 aromatic rings. The van der Waals surface area contributed by atoms with Gasteiger partial charge < -0.3 is 5.32 Å². The highest BCUT2D eigenvalue weighted by molar-refractivity contribution is 5.93. The number of carbonyl (C=O) groups excluding carboxylic acids is 1. The van der Waals surface area contributed by atoms with Gasteiger partial charge in [-0.05, 0) is 47.4 Å². The third-order valence-corrected chi connectivity index (χ3v) is 4.35. The van der Waals surface area contributed by atoms with Crippen LogP contribution in [0.15, 0.2) is 73.2 Å². The lowest BCUT2D eigenvalue weighted by atomic mass is 10.0. The van der Waals surface area contributed by atoms with Crippen molar-refractivity contribution in [3.05, 3.63) is 84.3 Å². The minimum absolute atomic E-state index is 0.0167. The van der Waals surface area contributed by atoms with Crippen LogP contribution >= 0.6 is 0 Å². The number of pyridine rings is 1. The zero-order valence-electron chi connectivity index (χ0n) is 14.4. The van der Waals surface area contributed by atoms with Gasteiger partial charge in [0.15, 0.2) is 5.65 Å². The number of nitrogens with one attached hydrogen (secondary N) is 1. The molecule has 2 aromatic heterocycles. The molecule has 0 fully saturated rings. The summed E-state index contributed by atoms with van der Waals surface area (Å²) in [5, 5.41) is 7.07. The van der Waals surface area contributed by atoms with Crippen molar-refractivity contribution in [3.63, 3.8) is 0 Å². The van der Waals surface area contributed by atoms with Crippen LogP contribution in [0.1, 0.15) is 11.1 Å². The van der Waals surface area contributed by atoms with Crippen LogP contribution < -0.4 is 5.32 Å². The number of hydrogen-bond acceptors (Lipinski definition) is 3. The lowest BCUT2D eigenvalue weighted by Crippen LogP contribution is -2.15. The smallest absolute Gasteiger partial charge is 0.228 e. The highest BCUT2D eigenvalue weighted by Gasteiger charge is 2.07. The quantitative estimate of drug-likeness (QED) is 0.612. The zero-order chi connectivity index (χ0) is 17.9. The molecule has 0 atom stereocenters. The summed E-state index contributed by atoms with van der Waals surface area (Å²) in [4.78, 5) is 16.5. The molecule has 0 aliphatic carbocycles. The first-order valence-corrected chi connectivity index (χ1v) is 8.43. The Labute approximate surface area is 151 Å². The van der Waals surface area contributed by atoms with Gasteiger partial charge in [0.1, 0.15) is 6.33 Å². The van der Waals surface area contributed by atoms with E-state index >= 15 is 0 Å². The number of benzene rings is 2. The molecule has 0 saturated heterocycles. The van der Waals surface area contributed by atoms with Gasteiger partial charge in [0.2, 0.25) is 5.91 Å². The maximum Gasteiger partial charge on any atom is 0.228 e. The van der Waals surface area contributed by atoms with Gasteiger partial charge in [-0.15, -0.1) is 0 Å². The van der Waals surface area contributed by atoms with E-state index < -0.39 is 0 Å². The predicted octanol–water partition coefficient (Wildman–Crippen LogP) is 3.89. The number of anilines is 1. The minimum atomic E-state index is -0.0167. The topological polar surface area (TPSA) is 59.3 Å². The van der Waals surface area contributed by atoms with E-state index in [4.69, 9.17) is 0 Å². The summed E-state index contributed by atoms with van der Waals surface area (Å²) in [7, 11) is 0. The molecule has 4 rings (SSSR count). The van der Waals surface area contributed by atoms with E-state index in [1.807, 2.05) is 73.8 Å². The fraction of sp³-hybridized carbons (Fsp3) is 0.0952. The van der Waals surface area contributed by atoms with E-state index in [0.29, 0.717) is 6.42 Å². The van der Waals surface area contributed by atoms with Gasteiger partial charge in [0, 0.05) is 11.9 Å². The molecular weight excluding hydrogens is 324 g/mol. The highest BCUT2D eigenvalue weighted by Crippen LogP contribution is 2.21. The van der Waals surface area contributed by atoms with Crippen LogP contribution in [0.2, 0.25) is 0 Å². The third kappa shape index (κ3) is 3.32. The van der Waals surface area contributed by atoms with Crippen LogP contribution in [-0.2, 0) is 11.2 Å². The maximum absolute atomic E-state index is 12.3. The number of nitrogens with zero attached hydrogens (tertiary/aromatic N) is 3. The van der Waals surface area contributed by atoms with E-state index in [0.717, 1.165) is 33.6 Å². The van der Waals surface area contributed by atoms with Gasteiger partial charge in [0.05, 0.1) is 6.42 Å². The van der Waals surface area contributed by atoms with Gasteiger partial charge in [-0.25, -0.2) is 9.50 Å². The van der Waals surface area contributed by atoms with Gasteiger partial charge in [-0.2, -0.15) is 5.10 Å². The van der Waals surface area contributed by atoms with Gasteiger partial charge in [-0.3, -0.25) is 4.79 Å². The number of amides is 1. The number of para-hydroxylation sites is 1. The van der Waals surface area contributed by atoms with E-state index in [-0.39, 0.29) is 5.91 Å². The summed E-state index contributed by atoms with van der Waals surface area (Å²) in [5.74, 6) is -0.0167. The van der Waals surface area contributed by atoms with Gasteiger partial charge in [-0.1, -0.05) is 42.5 Å². The predicted molar refractivity (Wildman–Crippen MR) is 102 cm³/mol. The average Bonchev–Trinajstić information content (AvgIpc) is 3.12. The summed E-state index contributed by atoms with van der Waals surface area (Å²) >= 11 is 0. The molecule has 0 aliphatic rings. The van der Waals surface area contributed by atoms with E-state index in [1.165, 1.54) is 6.33 Å². The van der Waals surface area contributed by atoms with Crippen LogP contribution in [0, 0.1) is 6.92 Å². The highest BCUT2D eigenvalue weighted by atomic mass is 16.1. The van der Waals surface area contributed by atoms with Crippen LogP contribution in [-0.4, -0.2) is 20.5 Å². The Morgan fingerprint density at radius 1 is 1.04 bits per heavy atom. The molecule has 0 saturated carbocycles. The first-order valence-electron chi connectivity index (χ1n) is 8.43. The number of aryl methyl sites for hydroxylation is 1. The van der Waals surface area contributed by atoms with Crippen molar-refractivity contribution in [2.24, 2.45) is 0 Å². The fourth-order valence-electron chi connectivity index (χ4n) is 2.90. The second kappa shape index (κ2) is 6.80. The van der Waals surface area contributed by atoms with Crippen LogP contribution in [0.25, 0.3) is 16.8 Å². The van der Waals surface area contributed by atoms with Crippen molar-refractivity contribution < 1.29 is 4.79 Å². The van der Waals surface area contributed by atoms with Crippen molar-refractivity contribution in [1.82, 2.24) is 14.6 Å². The van der Waals surface area contributed by atoms with Crippen LogP contribution in [0.5, 0.6) is 0 Å². The first-order chi connectivity index (χ1) is 12.7. The van der Waals surface area contributed by atoms with Crippen molar-refractivity contribution in [1.29, 1.82) is 0 Å². The molecule has 2 aromatic carbocycles. The largest absolute Gasteiger partial charge is 0.326 e. The average molecular weight is 342 g/mol.